The van der Waals surface area contributed by atoms with E-state index in [1.165, 1.54) is 0 Å². The number of benzene rings is 1. The molecule has 3 rings (SSSR count). The summed E-state index contributed by atoms with van der Waals surface area (Å²) in [4.78, 5) is 16.9. The lowest BCUT2D eigenvalue weighted by Gasteiger charge is -2.35. The standard InChI is InChI=1S/C23H33Cl2N5O3/c1-16-10-30(17(2)14-31)23(32)5-4-8-29-12-19(26-27-29)15-33-22(16)13-28(3)11-18-6-7-20(24)21(25)9-18/h6-7,9,12,16-17,22,31H,4-5,8,10-11,13-15H2,1-3H3/t16-,17-,22+/m0/s1. The van der Waals surface area contributed by atoms with Gasteiger partial charge in [-0.3, -0.25) is 14.4 Å². The molecule has 0 saturated heterocycles. The summed E-state index contributed by atoms with van der Waals surface area (Å²) in [5.41, 5.74) is 1.82. The van der Waals surface area contributed by atoms with Crippen molar-refractivity contribution in [2.24, 2.45) is 5.92 Å². The Labute approximate surface area is 205 Å². The van der Waals surface area contributed by atoms with Crippen molar-refractivity contribution in [2.75, 3.05) is 26.7 Å². The topological polar surface area (TPSA) is 83.7 Å². The van der Waals surface area contributed by atoms with Crippen molar-refractivity contribution in [3.05, 3.63) is 45.7 Å². The summed E-state index contributed by atoms with van der Waals surface area (Å²) < 4.78 is 8.06. The van der Waals surface area contributed by atoms with Crippen molar-refractivity contribution in [2.45, 2.75) is 58.5 Å². The molecule has 8 nitrogen and oxygen atoms in total. The largest absolute Gasteiger partial charge is 0.394 e. The van der Waals surface area contributed by atoms with Gasteiger partial charge in [-0.1, -0.05) is 41.4 Å². The van der Waals surface area contributed by atoms with Gasteiger partial charge in [-0.25, -0.2) is 0 Å². The van der Waals surface area contributed by atoms with Crippen molar-refractivity contribution in [1.29, 1.82) is 0 Å². The first-order valence-corrected chi connectivity index (χ1v) is 12.1. The molecule has 0 saturated carbocycles. The van der Waals surface area contributed by atoms with Gasteiger partial charge in [0, 0.05) is 38.5 Å². The van der Waals surface area contributed by atoms with E-state index in [0.29, 0.717) is 55.7 Å². The Morgan fingerprint density at radius 3 is 2.85 bits per heavy atom. The number of ether oxygens (including phenoxy) is 1. The van der Waals surface area contributed by atoms with Gasteiger partial charge in [0.1, 0.15) is 5.69 Å². The van der Waals surface area contributed by atoms with E-state index < -0.39 is 0 Å². The van der Waals surface area contributed by atoms with E-state index in [0.717, 1.165) is 11.3 Å². The number of fused-ring (bicyclic) bond motifs is 2. The van der Waals surface area contributed by atoms with Crippen LogP contribution >= 0.6 is 23.2 Å². The molecular weight excluding hydrogens is 465 g/mol. The van der Waals surface area contributed by atoms with Gasteiger partial charge in [0.15, 0.2) is 0 Å². The number of aliphatic hydroxyl groups excluding tert-OH is 1. The molecule has 2 heterocycles. The van der Waals surface area contributed by atoms with Gasteiger partial charge in [0.25, 0.3) is 0 Å². The summed E-state index contributed by atoms with van der Waals surface area (Å²) in [5, 5.41) is 19.1. The predicted molar refractivity (Wildman–Crippen MR) is 128 cm³/mol. The number of likely N-dealkylation sites (N-methyl/N-ethyl adjacent to an activating group) is 1. The maximum atomic E-state index is 12.9. The van der Waals surface area contributed by atoms with Gasteiger partial charge in [-0.05, 0) is 38.1 Å². The van der Waals surface area contributed by atoms with Crippen LogP contribution in [-0.2, 0) is 29.2 Å². The highest BCUT2D eigenvalue weighted by Gasteiger charge is 2.28. The number of halogens is 2. The number of carbonyl (C=O) groups excluding carboxylic acids is 1. The van der Waals surface area contributed by atoms with Crippen LogP contribution in [-0.4, -0.2) is 74.7 Å². The Hall–Kier alpha value is -1.71. The fraction of sp³-hybridized carbons (Fsp3) is 0.609. The summed E-state index contributed by atoms with van der Waals surface area (Å²) in [7, 11) is 2.02. The van der Waals surface area contributed by atoms with E-state index >= 15 is 0 Å². The van der Waals surface area contributed by atoms with Crippen LogP contribution in [0.1, 0.15) is 37.9 Å². The number of rotatable bonds is 6. The molecule has 3 atom stereocenters. The molecule has 1 aromatic carbocycles. The summed E-state index contributed by atoms with van der Waals surface area (Å²) in [6.07, 6.45) is 2.78. The Morgan fingerprint density at radius 1 is 1.33 bits per heavy atom. The number of hydrogen-bond donors (Lipinski definition) is 1. The monoisotopic (exact) mass is 497 g/mol. The second kappa shape index (κ2) is 12.1. The van der Waals surface area contributed by atoms with Crippen LogP contribution in [0.4, 0.5) is 0 Å². The van der Waals surface area contributed by atoms with Gasteiger partial charge in [0.05, 0.1) is 41.6 Å². The third kappa shape index (κ3) is 7.39. The normalized spacial score (nSPS) is 21.4. The quantitative estimate of drug-likeness (QED) is 0.659. The van der Waals surface area contributed by atoms with Crippen molar-refractivity contribution < 1.29 is 14.6 Å². The van der Waals surface area contributed by atoms with Crippen molar-refractivity contribution in [3.8, 4) is 0 Å². The third-order valence-electron chi connectivity index (χ3n) is 5.97. The zero-order valence-corrected chi connectivity index (χ0v) is 21.0. The second-order valence-electron chi connectivity index (χ2n) is 8.93. The van der Waals surface area contributed by atoms with Gasteiger partial charge in [-0.2, -0.15) is 0 Å². The zero-order chi connectivity index (χ0) is 24.0. The van der Waals surface area contributed by atoms with E-state index in [2.05, 4.69) is 22.1 Å². The van der Waals surface area contributed by atoms with E-state index in [1.54, 1.807) is 15.6 Å². The highest BCUT2D eigenvalue weighted by Crippen LogP contribution is 2.24. The van der Waals surface area contributed by atoms with Crippen molar-refractivity contribution >= 4 is 29.1 Å². The number of hydrogen-bond acceptors (Lipinski definition) is 6. The summed E-state index contributed by atoms with van der Waals surface area (Å²) in [6, 6.07) is 5.38. The van der Waals surface area contributed by atoms with Crippen molar-refractivity contribution in [3.63, 3.8) is 0 Å². The van der Waals surface area contributed by atoms with E-state index in [9.17, 15) is 9.90 Å². The zero-order valence-electron chi connectivity index (χ0n) is 19.5. The SMILES string of the molecule is C[C@H]1CN([C@@H](C)CO)C(=O)CCCn2cc(nn2)CO[C@@H]1CN(C)Cc1ccc(Cl)c(Cl)c1. The van der Waals surface area contributed by atoms with Crippen LogP contribution in [0.25, 0.3) is 0 Å². The van der Waals surface area contributed by atoms with E-state index in [4.69, 9.17) is 27.9 Å². The van der Waals surface area contributed by atoms with Crippen LogP contribution in [0.15, 0.2) is 24.4 Å². The van der Waals surface area contributed by atoms with Crippen LogP contribution in [0.2, 0.25) is 10.0 Å². The minimum Gasteiger partial charge on any atom is -0.394 e. The first-order chi connectivity index (χ1) is 15.8. The molecule has 1 aromatic heterocycles. The van der Waals surface area contributed by atoms with E-state index in [1.807, 2.05) is 32.3 Å². The molecule has 1 aliphatic heterocycles. The molecule has 2 aromatic rings. The smallest absolute Gasteiger partial charge is 0.222 e. The Kier molecular flexibility index (Phi) is 9.52. The maximum Gasteiger partial charge on any atom is 0.222 e. The lowest BCUT2D eigenvalue weighted by molar-refractivity contribution is -0.136. The first-order valence-electron chi connectivity index (χ1n) is 11.3. The average Bonchev–Trinajstić information content (AvgIpc) is 3.24. The molecule has 10 heteroatoms. The molecule has 1 amide bonds. The third-order valence-corrected chi connectivity index (χ3v) is 6.71. The average molecular weight is 498 g/mol. The number of nitrogens with zero attached hydrogens (tertiary/aromatic N) is 5. The first kappa shape index (κ1) is 25.9. The lowest BCUT2D eigenvalue weighted by Crippen LogP contribution is -2.47. The minimum atomic E-state index is -0.253. The fourth-order valence-corrected chi connectivity index (χ4v) is 4.34. The molecule has 0 unspecified atom stereocenters. The van der Waals surface area contributed by atoms with Gasteiger partial charge >= 0.3 is 0 Å². The Bertz CT molecular complexity index is 925. The van der Waals surface area contributed by atoms with Crippen molar-refractivity contribution in [1.82, 2.24) is 24.8 Å². The van der Waals surface area contributed by atoms with Crippen LogP contribution in [0.5, 0.6) is 0 Å². The number of aromatic nitrogens is 3. The lowest BCUT2D eigenvalue weighted by atomic mass is 10.0. The Balaban J connectivity index is 1.76. The summed E-state index contributed by atoms with van der Waals surface area (Å²) >= 11 is 12.2. The van der Waals surface area contributed by atoms with Gasteiger partial charge in [0.2, 0.25) is 5.91 Å². The van der Waals surface area contributed by atoms with Gasteiger partial charge < -0.3 is 14.7 Å². The molecule has 2 bridgehead atoms. The Morgan fingerprint density at radius 2 is 2.12 bits per heavy atom. The minimum absolute atomic E-state index is 0.0332. The maximum absolute atomic E-state index is 12.9. The highest BCUT2D eigenvalue weighted by molar-refractivity contribution is 6.42. The summed E-state index contributed by atoms with van der Waals surface area (Å²) in [5.74, 6) is 0.0703. The van der Waals surface area contributed by atoms with Crippen LogP contribution < -0.4 is 0 Å². The molecule has 1 N–H and O–H groups in total. The molecule has 1 aliphatic rings. The van der Waals surface area contributed by atoms with Gasteiger partial charge in [-0.15, -0.1) is 5.10 Å². The number of carbonyl (C=O) groups is 1. The molecule has 0 aliphatic carbocycles. The second-order valence-corrected chi connectivity index (χ2v) is 9.74. The van der Waals surface area contributed by atoms with Crippen LogP contribution in [0, 0.1) is 5.92 Å². The molecule has 0 fully saturated rings. The predicted octanol–water partition coefficient (Wildman–Crippen LogP) is 3.24. The number of aliphatic hydroxyl groups is 1. The number of amides is 1. The number of aryl methyl sites for hydroxylation is 1. The fourth-order valence-electron chi connectivity index (χ4n) is 4.01. The summed E-state index contributed by atoms with van der Waals surface area (Å²) in [6.45, 7) is 6.67. The molecule has 0 spiro atoms. The molecular formula is C23H33Cl2N5O3. The molecule has 182 valence electrons. The van der Waals surface area contributed by atoms with E-state index in [-0.39, 0.29) is 30.6 Å². The highest BCUT2D eigenvalue weighted by atomic mass is 35.5. The van der Waals surface area contributed by atoms with Crippen LogP contribution in [0.3, 0.4) is 0 Å². The molecule has 33 heavy (non-hydrogen) atoms. The molecule has 0 radical (unpaired) electrons.